The molecule has 0 aromatic heterocycles. The first-order chi connectivity index (χ1) is 12.2. The zero-order valence-electron chi connectivity index (χ0n) is 14.9. The van der Waals surface area contributed by atoms with Gasteiger partial charge in [-0.05, 0) is 65.8 Å². The van der Waals surface area contributed by atoms with E-state index in [1.54, 1.807) is 0 Å². The molecule has 0 heterocycles. The van der Waals surface area contributed by atoms with E-state index >= 15 is 0 Å². The van der Waals surface area contributed by atoms with E-state index in [1.165, 1.54) is 29.4 Å². The monoisotopic (exact) mass is 334 g/mol. The van der Waals surface area contributed by atoms with Gasteiger partial charge in [-0.15, -0.1) is 0 Å². The Bertz CT molecular complexity index is 752. The standard InChI is InChI=1S/C23H26O2/c1-23-13-5-8-19(15-24)21(23)12-10-18-9-11-20(14-22(18)23)25-16-17-6-3-2-4-7-17/h2-4,6-7,9,11,14-15,19,21H,5,8,10,12-13,16H2,1H3. The predicted molar refractivity (Wildman–Crippen MR) is 99.8 cm³/mol. The Kier molecular flexibility index (Phi) is 4.37. The Balaban J connectivity index is 1.61. The largest absolute Gasteiger partial charge is 0.489 e. The van der Waals surface area contributed by atoms with Crippen molar-refractivity contribution < 1.29 is 9.53 Å². The van der Waals surface area contributed by atoms with E-state index in [4.69, 9.17) is 4.74 Å². The van der Waals surface area contributed by atoms with Crippen molar-refractivity contribution in [1.29, 1.82) is 0 Å². The molecule has 3 atom stereocenters. The summed E-state index contributed by atoms with van der Waals surface area (Å²) in [6.45, 7) is 2.96. The van der Waals surface area contributed by atoms with Crippen LogP contribution in [0.25, 0.3) is 0 Å². The van der Waals surface area contributed by atoms with E-state index in [-0.39, 0.29) is 11.3 Å². The Labute approximate surface area is 150 Å². The molecule has 2 aromatic rings. The molecule has 3 unspecified atom stereocenters. The second-order valence-corrected chi connectivity index (χ2v) is 7.85. The van der Waals surface area contributed by atoms with Gasteiger partial charge in [0.2, 0.25) is 0 Å². The lowest BCUT2D eigenvalue weighted by Crippen LogP contribution is -2.44. The number of hydrogen-bond acceptors (Lipinski definition) is 2. The SMILES string of the molecule is CC12CCCC(C=O)C1CCc1ccc(OCc3ccccc3)cc12. The van der Waals surface area contributed by atoms with Gasteiger partial charge < -0.3 is 9.53 Å². The molecule has 0 N–H and O–H groups in total. The van der Waals surface area contributed by atoms with Gasteiger partial charge in [0.1, 0.15) is 18.6 Å². The van der Waals surface area contributed by atoms with Gasteiger partial charge in [0.05, 0.1) is 0 Å². The van der Waals surface area contributed by atoms with Crippen molar-refractivity contribution in [3.05, 3.63) is 65.2 Å². The van der Waals surface area contributed by atoms with Gasteiger partial charge in [-0.1, -0.05) is 49.7 Å². The number of ether oxygens (including phenoxy) is 1. The number of fused-ring (bicyclic) bond motifs is 3. The first kappa shape index (κ1) is 16.4. The van der Waals surface area contributed by atoms with E-state index in [2.05, 4.69) is 37.3 Å². The number of aryl methyl sites for hydroxylation is 1. The summed E-state index contributed by atoms with van der Waals surface area (Å²) < 4.78 is 6.07. The summed E-state index contributed by atoms with van der Waals surface area (Å²) in [4.78, 5) is 11.6. The summed E-state index contributed by atoms with van der Waals surface area (Å²) in [7, 11) is 0. The normalized spacial score (nSPS) is 27.9. The molecule has 0 aliphatic heterocycles. The minimum Gasteiger partial charge on any atom is -0.489 e. The van der Waals surface area contributed by atoms with Gasteiger partial charge in [0.15, 0.2) is 0 Å². The highest BCUT2D eigenvalue weighted by Gasteiger charge is 2.46. The number of aldehydes is 1. The van der Waals surface area contributed by atoms with Crippen molar-refractivity contribution in [2.24, 2.45) is 11.8 Å². The fourth-order valence-electron chi connectivity index (χ4n) is 5.04. The van der Waals surface area contributed by atoms with Gasteiger partial charge in [-0.3, -0.25) is 0 Å². The van der Waals surface area contributed by atoms with Gasteiger partial charge in [0.25, 0.3) is 0 Å². The molecule has 2 nitrogen and oxygen atoms in total. The second kappa shape index (κ2) is 6.67. The van der Waals surface area contributed by atoms with Crippen LogP contribution in [-0.2, 0) is 23.2 Å². The second-order valence-electron chi connectivity index (χ2n) is 7.85. The minimum atomic E-state index is 0.115. The molecule has 0 bridgehead atoms. The lowest BCUT2D eigenvalue weighted by Gasteiger charge is -2.49. The maximum absolute atomic E-state index is 11.6. The third-order valence-corrected chi connectivity index (χ3v) is 6.41. The fourth-order valence-corrected chi connectivity index (χ4v) is 5.04. The Morgan fingerprint density at radius 1 is 1.16 bits per heavy atom. The van der Waals surface area contributed by atoms with Crippen LogP contribution in [-0.4, -0.2) is 6.29 Å². The lowest BCUT2D eigenvalue weighted by molar-refractivity contribution is -0.115. The first-order valence-corrected chi connectivity index (χ1v) is 9.46. The molecule has 2 aromatic carbocycles. The summed E-state index contributed by atoms with van der Waals surface area (Å²) in [6.07, 6.45) is 6.81. The molecule has 1 fully saturated rings. The third-order valence-electron chi connectivity index (χ3n) is 6.41. The Morgan fingerprint density at radius 2 is 2.00 bits per heavy atom. The van der Waals surface area contributed by atoms with Crippen molar-refractivity contribution in [2.75, 3.05) is 0 Å². The number of benzene rings is 2. The van der Waals surface area contributed by atoms with Crippen molar-refractivity contribution in [1.82, 2.24) is 0 Å². The minimum absolute atomic E-state index is 0.115. The maximum atomic E-state index is 11.6. The van der Waals surface area contributed by atoms with Crippen molar-refractivity contribution >= 4 is 6.29 Å². The molecule has 0 spiro atoms. The molecule has 1 saturated carbocycles. The van der Waals surface area contributed by atoms with Crippen LogP contribution in [0.5, 0.6) is 5.75 Å². The van der Waals surface area contributed by atoms with Crippen molar-refractivity contribution in [3.8, 4) is 5.75 Å². The van der Waals surface area contributed by atoms with Gasteiger partial charge >= 0.3 is 0 Å². The lowest BCUT2D eigenvalue weighted by atomic mass is 9.55. The molecule has 130 valence electrons. The van der Waals surface area contributed by atoms with E-state index < -0.39 is 0 Å². The average Bonchev–Trinajstić information content (AvgIpc) is 2.66. The number of carbonyl (C=O) groups is 1. The maximum Gasteiger partial charge on any atom is 0.123 e. The summed E-state index contributed by atoms with van der Waals surface area (Å²) >= 11 is 0. The fraction of sp³-hybridized carbons (Fsp3) is 0.435. The molecule has 25 heavy (non-hydrogen) atoms. The van der Waals surface area contributed by atoms with Crippen LogP contribution in [0.3, 0.4) is 0 Å². The third kappa shape index (κ3) is 2.99. The molecule has 2 aliphatic carbocycles. The molecule has 2 aliphatic rings. The topological polar surface area (TPSA) is 26.3 Å². The van der Waals surface area contributed by atoms with E-state index in [9.17, 15) is 4.79 Å². The highest BCUT2D eigenvalue weighted by molar-refractivity contribution is 5.56. The summed E-state index contributed by atoms with van der Waals surface area (Å²) in [5.41, 5.74) is 4.16. The summed E-state index contributed by atoms with van der Waals surface area (Å²) in [6, 6.07) is 16.9. The quantitative estimate of drug-likeness (QED) is 0.728. The van der Waals surface area contributed by atoms with Crippen LogP contribution < -0.4 is 4.74 Å². The molecule has 2 heteroatoms. The molecular formula is C23H26O2. The van der Waals surface area contributed by atoms with Crippen LogP contribution in [0.15, 0.2) is 48.5 Å². The Hall–Kier alpha value is -2.09. The van der Waals surface area contributed by atoms with Gasteiger partial charge in [0, 0.05) is 5.92 Å². The zero-order chi connectivity index (χ0) is 17.3. The predicted octanol–water partition coefficient (Wildman–Crippen LogP) is 5.08. The molecule has 0 saturated heterocycles. The molecule has 0 radical (unpaired) electrons. The van der Waals surface area contributed by atoms with Crippen molar-refractivity contribution in [2.45, 2.75) is 51.0 Å². The van der Waals surface area contributed by atoms with Crippen LogP contribution in [0, 0.1) is 11.8 Å². The molecule has 0 amide bonds. The van der Waals surface area contributed by atoms with Crippen molar-refractivity contribution in [3.63, 3.8) is 0 Å². The van der Waals surface area contributed by atoms with Crippen LogP contribution in [0.1, 0.15) is 49.3 Å². The smallest absolute Gasteiger partial charge is 0.123 e. The Morgan fingerprint density at radius 3 is 2.80 bits per heavy atom. The van der Waals surface area contributed by atoms with Crippen LogP contribution in [0.4, 0.5) is 0 Å². The number of carbonyl (C=O) groups excluding carboxylic acids is 1. The molecular weight excluding hydrogens is 308 g/mol. The number of rotatable bonds is 4. The molecule has 4 rings (SSSR count). The van der Waals surface area contributed by atoms with Crippen LogP contribution in [0.2, 0.25) is 0 Å². The van der Waals surface area contributed by atoms with Gasteiger partial charge in [-0.2, -0.15) is 0 Å². The van der Waals surface area contributed by atoms with E-state index in [0.29, 0.717) is 12.5 Å². The summed E-state index contributed by atoms with van der Waals surface area (Å²) in [5, 5.41) is 0. The summed E-state index contributed by atoms with van der Waals surface area (Å²) in [5.74, 6) is 1.65. The first-order valence-electron chi connectivity index (χ1n) is 9.46. The average molecular weight is 334 g/mol. The van der Waals surface area contributed by atoms with E-state index in [1.807, 2.05) is 18.2 Å². The number of hydrogen-bond donors (Lipinski definition) is 0. The van der Waals surface area contributed by atoms with E-state index in [0.717, 1.165) is 31.4 Å². The highest BCUT2D eigenvalue weighted by Crippen LogP contribution is 2.52. The van der Waals surface area contributed by atoms with Gasteiger partial charge in [-0.25, -0.2) is 0 Å². The highest BCUT2D eigenvalue weighted by atomic mass is 16.5. The zero-order valence-corrected chi connectivity index (χ0v) is 14.9. The van der Waals surface area contributed by atoms with Crippen LogP contribution >= 0.6 is 0 Å².